The lowest BCUT2D eigenvalue weighted by Gasteiger charge is -2.17. The molecule has 2 aliphatic rings. The van der Waals surface area contributed by atoms with Crippen molar-refractivity contribution in [3.05, 3.63) is 22.8 Å². The second-order valence-electron chi connectivity index (χ2n) is 4.17. The van der Waals surface area contributed by atoms with Gasteiger partial charge in [-0.15, -0.1) is 0 Å². The maximum absolute atomic E-state index is 11.6. The van der Waals surface area contributed by atoms with Crippen molar-refractivity contribution in [2.24, 2.45) is 5.92 Å². The summed E-state index contributed by atoms with van der Waals surface area (Å²) in [6.45, 7) is 5.17. The molecule has 1 unspecified atom stereocenters. The van der Waals surface area contributed by atoms with Crippen LogP contribution in [0.2, 0.25) is 0 Å². The molecule has 0 spiro atoms. The predicted molar refractivity (Wildman–Crippen MR) is 52.2 cm³/mol. The van der Waals surface area contributed by atoms with Gasteiger partial charge in [-0.3, -0.25) is 4.79 Å². The van der Waals surface area contributed by atoms with E-state index < -0.39 is 0 Å². The molecule has 1 aliphatic carbocycles. The van der Waals surface area contributed by atoms with Crippen molar-refractivity contribution in [2.45, 2.75) is 20.3 Å². The fourth-order valence-corrected chi connectivity index (χ4v) is 2.04. The van der Waals surface area contributed by atoms with E-state index in [4.69, 9.17) is 0 Å². The highest BCUT2D eigenvalue weighted by atomic mass is 16.2. The summed E-state index contributed by atoms with van der Waals surface area (Å²) in [6, 6.07) is 0. The van der Waals surface area contributed by atoms with Gasteiger partial charge in [0.2, 0.25) is 0 Å². The Bertz CT molecular complexity index is 325. The van der Waals surface area contributed by atoms with Crippen LogP contribution >= 0.6 is 0 Å². The van der Waals surface area contributed by atoms with Crippen molar-refractivity contribution in [1.29, 1.82) is 0 Å². The molecule has 13 heavy (non-hydrogen) atoms. The normalized spacial score (nSPS) is 27.9. The van der Waals surface area contributed by atoms with Crippen LogP contribution in [-0.2, 0) is 4.79 Å². The van der Waals surface area contributed by atoms with Crippen LogP contribution in [0, 0.1) is 5.92 Å². The SMILES string of the molecule is CC1=CC2=C(CC1C)CN(C)C2=O. The average Bonchev–Trinajstić information content (AvgIpc) is 2.32. The molecule has 1 atom stereocenters. The number of hydrogen-bond acceptors (Lipinski definition) is 1. The number of likely N-dealkylation sites (N-methyl/N-ethyl adjacent to an activating group) is 1. The Balaban J connectivity index is 2.36. The molecular formula is C11H15NO. The number of amides is 1. The number of hydrogen-bond donors (Lipinski definition) is 0. The van der Waals surface area contributed by atoms with Gasteiger partial charge in [0.05, 0.1) is 0 Å². The van der Waals surface area contributed by atoms with E-state index in [0.717, 1.165) is 18.5 Å². The van der Waals surface area contributed by atoms with E-state index in [1.807, 2.05) is 7.05 Å². The summed E-state index contributed by atoms with van der Waals surface area (Å²) < 4.78 is 0. The number of nitrogens with zero attached hydrogens (tertiary/aromatic N) is 1. The first kappa shape index (κ1) is 8.54. The van der Waals surface area contributed by atoms with E-state index in [0.29, 0.717) is 5.92 Å². The van der Waals surface area contributed by atoms with E-state index >= 15 is 0 Å². The van der Waals surface area contributed by atoms with Gasteiger partial charge in [0.15, 0.2) is 0 Å². The van der Waals surface area contributed by atoms with Gasteiger partial charge in [-0.2, -0.15) is 0 Å². The topological polar surface area (TPSA) is 20.3 Å². The number of allylic oxidation sites excluding steroid dienone is 1. The number of carbonyl (C=O) groups excluding carboxylic acids is 1. The minimum Gasteiger partial charge on any atom is -0.338 e. The highest BCUT2D eigenvalue weighted by Gasteiger charge is 2.29. The minimum absolute atomic E-state index is 0.196. The average molecular weight is 177 g/mol. The quantitative estimate of drug-likeness (QED) is 0.552. The molecule has 0 aromatic carbocycles. The monoisotopic (exact) mass is 177 g/mol. The Labute approximate surface area is 78.9 Å². The van der Waals surface area contributed by atoms with Crippen molar-refractivity contribution in [3.63, 3.8) is 0 Å². The van der Waals surface area contributed by atoms with E-state index in [-0.39, 0.29) is 5.91 Å². The third-order valence-electron chi connectivity index (χ3n) is 3.09. The molecule has 0 aromatic heterocycles. The van der Waals surface area contributed by atoms with Gasteiger partial charge < -0.3 is 4.90 Å². The number of carbonyl (C=O) groups is 1. The smallest absolute Gasteiger partial charge is 0.253 e. The molecule has 2 nitrogen and oxygen atoms in total. The summed E-state index contributed by atoms with van der Waals surface area (Å²) in [7, 11) is 1.87. The van der Waals surface area contributed by atoms with Crippen LogP contribution in [0.1, 0.15) is 20.3 Å². The van der Waals surface area contributed by atoms with Crippen molar-refractivity contribution >= 4 is 5.91 Å². The largest absolute Gasteiger partial charge is 0.338 e. The molecule has 1 aliphatic heterocycles. The van der Waals surface area contributed by atoms with Gasteiger partial charge in [0.25, 0.3) is 5.91 Å². The summed E-state index contributed by atoms with van der Waals surface area (Å²) in [4.78, 5) is 13.4. The molecule has 1 amide bonds. The third-order valence-corrected chi connectivity index (χ3v) is 3.09. The highest BCUT2D eigenvalue weighted by molar-refractivity contribution is 6.00. The van der Waals surface area contributed by atoms with Crippen LogP contribution in [-0.4, -0.2) is 24.4 Å². The van der Waals surface area contributed by atoms with Crippen LogP contribution < -0.4 is 0 Å². The standard InChI is InChI=1S/C11H15NO/c1-7-4-9-6-12(3)11(13)10(9)5-8(7)2/h5,7H,4,6H2,1-3H3. The first-order chi connectivity index (χ1) is 6.09. The van der Waals surface area contributed by atoms with Crippen molar-refractivity contribution in [3.8, 4) is 0 Å². The van der Waals surface area contributed by atoms with Crippen LogP contribution in [0.4, 0.5) is 0 Å². The van der Waals surface area contributed by atoms with Crippen molar-refractivity contribution in [2.75, 3.05) is 13.6 Å². The maximum Gasteiger partial charge on any atom is 0.253 e. The molecular weight excluding hydrogens is 162 g/mol. The van der Waals surface area contributed by atoms with Crippen LogP contribution in [0.25, 0.3) is 0 Å². The summed E-state index contributed by atoms with van der Waals surface area (Å²) in [5, 5.41) is 0. The van der Waals surface area contributed by atoms with Crippen LogP contribution in [0.5, 0.6) is 0 Å². The van der Waals surface area contributed by atoms with Gasteiger partial charge >= 0.3 is 0 Å². The first-order valence-corrected chi connectivity index (χ1v) is 4.75. The molecule has 2 heteroatoms. The zero-order chi connectivity index (χ0) is 9.59. The molecule has 1 heterocycles. The molecule has 0 bridgehead atoms. The molecule has 0 N–H and O–H groups in total. The molecule has 0 radical (unpaired) electrons. The van der Waals surface area contributed by atoms with Gasteiger partial charge in [-0.1, -0.05) is 18.6 Å². The molecule has 70 valence electrons. The predicted octanol–water partition coefficient (Wildman–Crippen LogP) is 1.74. The Morgan fingerprint density at radius 3 is 2.92 bits per heavy atom. The van der Waals surface area contributed by atoms with Gasteiger partial charge in [-0.25, -0.2) is 0 Å². The van der Waals surface area contributed by atoms with E-state index in [1.54, 1.807) is 4.90 Å². The van der Waals surface area contributed by atoms with Crippen molar-refractivity contribution in [1.82, 2.24) is 4.90 Å². The Hall–Kier alpha value is -1.05. The lowest BCUT2D eigenvalue weighted by molar-refractivity contribution is -0.124. The van der Waals surface area contributed by atoms with E-state index in [2.05, 4.69) is 19.9 Å². The number of rotatable bonds is 0. The maximum atomic E-state index is 11.6. The first-order valence-electron chi connectivity index (χ1n) is 4.75. The second kappa shape index (κ2) is 2.72. The lowest BCUT2D eigenvalue weighted by atomic mass is 9.86. The van der Waals surface area contributed by atoms with E-state index in [9.17, 15) is 4.79 Å². The molecule has 0 saturated heterocycles. The van der Waals surface area contributed by atoms with E-state index in [1.165, 1.54) is 11.1 Å². The summed E-state index contributed by atoms with van der Waals surface area (Å²) in [5.41, 5.74) is 3.62. The Morgan fingerprint density at radius 1 is 1.54 bits per heavy atom. The minimum atomic E-state index is 0.196. The Kier molecular flexibility index (Phi) is 1.79. The van der Waals surface area contributed by atoms with Gasteiger partial charge in [0.1, 0.15) is 0 Å². The highest BCUT2D eigenvalue weighted by Crippen LogP contribution is 2.33. The lowest BCUT2D eigenvalue weighted by Crippen LogP contribution is -2.21. The fraction of sp³-hybridized carbons (Fsp3) is 0.545. The molecule has 0 aromatic rings. The molecule has 2 rings (SSSR count). The van der Waals surface area contributed by atoms with Crippen LogP contribution in [0.3, 0.4) is 0 Å². The molecule has 0 saturated carbocycles. The zero-order valence-electron chi connectivity index (χ0n) is 8.42. The van der Waals surface area contributed by atoms with Gasteiger partial charge in [-0.05, 0) is 24.8 Å². The summed E-state index contributed by atoms with van der Waals surface area (Å²) >= 11 is 0. The summed E-state index contributed by atoms with van der Waals surface area (Å²) in [6.07, 6.45) is 3.13. The van der Waals surface area contributed by atoms with Crippen LogP contribution in [0.15, 0.2) is 22.8 Å². The van der Waals surface area contributed by atoms with Gasteiger partial charge in [0, 0.05) is 19.2 Å². The summed E-state index contributed by atoms with van der Waals surface area (Å²) in [5.74, 6) is 0.805. The fourth-order valence-electron chi connectivity index (χ4n) is 2.04. The molecule has 0 fully saturated rings. The second-order valence-corrected chi connectivity index (χ2v) is 4.17. The van der Waals surface area contributed by atoms with Crippen molar-refractivity contribution < 1.29 is 4.79 Å². The zero-order valence-corrected chi connectivity index (χ0v) is 8.42. The third kappa shape index (κ3) is 1.21. The Morgan fingerprint density at radius 2 is 2.23 bits per heavy atom.